The van der Waals surface area contributed by atoms with Crippen LogP contribution in [0.5, 0.6) is 5.75 Å². The lowest BCUT2D eigenvalue weighted by Gasteiger charge is -2.24. The number of nitrogens with zero attached hydrogens (tertiary/aromatic N) is 1. The molecule has 0 saturated carbocycles. The van der Waals surface area contributed by atoms with Gasteiger partial charge in [0.1, 0.15) is 0 Å². The number of rotatable bonds is 6. The molecule has 2 aromatic rings. The Kier molecular flexibility index (Phi) is 5.29. The Morgan fingerprint density at radius 2 is 1.79 bits per heavy atom. The maximum atomic E-state index is 13.9. The second-order valence-corrected chi connectivity index (χ2v) is 7.33. The molecule has 128 valence electrons. The highest BCUT2D eigenvalue weighted by Gasteiger charge is 2.25. The van der Waals surface area contributed by atoms with Crippen molar-refractivity contribution in [2.45, 2.75) is 18.7 Å². The van der Waals surface area contributed by atoms with Gasteiger partial charge in [0.25, 0.3) is 10.0 Å². The summed E-state index contributed by atoms with van der Waals surface area (Å²) in [6, 6.07) is 9.09. The van der Waals surface area contributed by atoms with Crippen molar-refractivity contribution in [3.63, 3.8) is 0 Å². The average Bonchev–Trinajstić information content (AvgIpc) is 2.51. The summed E-state index contributed by atoms with van der Waals surface area (Å²) in [6.45, 7) is 7.49. The molecular formula is C18H20FNO3S. The number of methoxy groups -OCH3 is 1. The van der Waals surface area contributed by atoms with Gasteiger partial charge in [-0.25, -0.2) is 12.8 Å². The third-order valence-electron chi connectivity index (χ3n) is 3.50. The molecular weight excluding hydrogens is 329 g/mol. The zero-order chi connectivity index (χ0) is 17.9. The lowest BCUT2D eigenvalue weighted by molar-refractivity contribution is 0.385. The van der Waals surface area contributed by atoms with Crippen molar-refractivity contribution >= 4 is 15.7 Å². The minimum atomic E-state index is -3.93. The smallest absolute Gasteiger partial charge is 0.264 e. The molecule has 0 amide bonds. The van der Waals surface area contributed by atoms with Gasteiger partial charge in [0.2, 0.25) is 0 Å². The Bertz CT molecular complexity index is 842. The van der Waals surface area contributed by atoms with Crippen LogP contribution in [0.2, 0.25) is 0 Å². The molecule has 0 atom stereocenters. The topological polar surface area (TPSA) is 46.6 Å². The van der Waals surface area contributed by atoms with Crippen molar-refractivity contribution in [3.05, 3.63) is 66.0 Å². The van der Waals surface area contributed by atoms with E-state index in [2.05, 4.69) is 6.58 Å². The van der Waals surface area contributed by atoms with Crippen LogP contribution >= 0.6 is 0 Å². The molecule has 0 aliphatic rings. The van der Waals surface area contributed by atoms with E-state index in [4.69, 9.17) is 4.74 Å². The van der Waals surface area contributed by atoms with Gasteiger partial charge in [-0.2, -0.15) is 0 Å². The van der Waals surface area contributed by atoms with Gasteiger partial charge in [0.05, 0.1) is 24.2 Å². The molecule has 0 heterocycles. The van der Waals surface area contributed by atoms with Gasteiger partial charge in [-0.1, -0.05) is 12.1 Å². The summed E-state index contributed by atoms with van der Waals surface area (Å²) in [5.74, 6) is -0.729. The molecule has 0 bridgehead atoms. The fourth-order valence-corrected chi connectivity index (χ4v) is 3.92. The molecule has 6 heteroatoms. The first-order chi connectivity index (χ1) is 11.3. The maximum Gasteiger partial charge on any atom is 0.264 e. The SMILES string of the molecule is C=CCN(c1cc(C)cc(C)c1)S(=O)(=O)c1ccc(OC)c(F)c1. The first kappa shape index (κ1) is 18.0. The third-order valence-corrected chi connectivity index (χ3v) is 5.29. The van der Waals surface area contributed by atoms with Crippen molar-refractivity contribution in [2.75, 3.05) is 18.0 Å². The first-order valence-corrected chi connectivity index (χ1v) is 8.79. The molecule has 0 radical (unpaired) electrons. The highest BCUT2D eigenvalue weighted by atomic mass is 32.2. The molecule has 0 spiro atoms. The molecule has 0 aliphatic carbocycles. The molecule has 4 nitrogen and oxygen atoms in total. The van der Waals surface area contributed by atoms with Crippen LogP contribution in [-0.4, -0.2) is 22.1 Å². The van der Waals surface area contributed by atoms with E-state index in [1.807, 2.05) is 19.9 Å². The van der Waals surface area contributed by atoms with Crippen molar-refractivity contribution < 1.29 is 17.5 Å². The van der Waals surface area contributed by atoms with Gasteiger partial charge in [0.15, 0.2) is 11.6 Å². The van der Waals surface area contributed by atoms with E-state index in [1.165, 1.54) is 29.6 Å². The summed E-state index contributed by atoms with van der Waals surface area (Å²) in [7, 11) is -2.61. The summed E-state index contributed by atoms with van der Waals surface area (Å²) in [4.78, 5) is -0.137. The number of aryl methyl sites for hydroxylation is 2. The molecule has 0 aliphatic heterocycles. The van der Waals surface area contributed by atoms with Crippen LogP contribution in [0.4, 0.5) is 10.1 Å². The van der Waals surface area contributed by atoms with Crippen LogP contribution in [-0.2, 0) is 10.0 Å². The fourth-order valence-electron chi connectivity index (χ4n) is 2.49. The van der Waals surface area contributed by atoms with Crippen LogP contribution in [0.25, 0.3) is 0 Å². The quantitative estimate of drug-likeness (QED) is 0.745. The zero-order valence-electron chi connectivity index (χ0n) is 13.9. The van der Waals surface area contributed by atoms with Crippen molar-refractivity contribution in [3.8, 4) is 5.75 Å². The monoisotopic (exact) mass is 349 g/mol. The average molecular weight is 349 g/mol. The number of halogens is 1. The van der Waals surface area contributed by atoms with Crippen LogP contribution in [0, 0.1) is 19.7 Å². The molecule has 0 saturated heterocycles. The molecule has 24 heavy (non-hydrogen) atoms. The summed E-state index contributed by atoms with van der Waals surface area (Å²) in [6.07, 6.45) is 1.50. The summed E-state index contributed by atoms with van der Waals surface area (Å²) in [5.41, 5.74) is 2.40. The number of anilines is 1. The predicted octanol–water partition coefficient (Wildman–Crippen LogP) is 3.83. The summed E-state index contributed by atoms with van der Waals surface area (Å²) >= 11 is 0. The zero-order valence-corrected chi connectivity index (χ0v) is 14.7. The van der Waals surface area contributed by atoms with Crippen molar-refractivity contribution in [1.29, 1.82) is 0 Å². The third kappa shape index (κ3) is 3.59. The van der Waals surface area contributed by atoms with Gasteiger partial charge < -0.3 is 4.74 Å². The predicted molar refractivity (Wildman–Crippen MR) is 93.6 cm³/mol. The van der Waals surface area contributed by atoms with E-state index in [-0.39, 0.29) is 17.2 Å². The van der Waals surface area contributed by atoms with E-state index in [9.17, 15) is 12.8 Å². The maximum absolute atomic E-state index is 13.9. The second-order valence-electron chi connectivity index (χ2n) is 5.47. The normalized spacial score (nSPS) is 11.2. The van der Waals surface area contributed by atoms with Crippen LogP contribution in [0.3, 0.4) is 0 Å². The fraction of sp³-hybridized carbons (Fsp3) is 0.222. The van der Waals surface area contributed by atoms with Crippen molar-refractivity contribution in [1.82, 2.24) is 0 Å². The number of benzene rings is 2. The summed E-state index contributed by atoms with van der Waals surface area (Å²) in [5, 5.41) is 0. The number of ether oxygens (including phenoxy) is 1. The number of hydrogen-bond acceptors (Lipinski definition) is 3. The first-order valence-electron chi connectivity index (χ1n) is 7.35. The van der Waals surface area contributed by atoms with Crippen LogP contribution in [0.15, 0.2) is 53.9 Å². The molecule has 2 aromatic carbocycles. The lowest BCUT2D eigenvalue weighted by Crippen LogP contribution is -2.31. The largest absolute Gasteiger partial charge is 0.494 e. The lowest BCUT2D eigenvalue weighted by atomic mass is 10.1. The van der Waals surface area contributed by atoms with Crippen LogP contribution < -0.4 is 9.04 Å². The van der Waals surface area contributed by atoms with E-state index in [0.717, 1.165) is 17.2 Å². The molecule has 0 unspecified atom stereocenters. The standard InChI is InChI=1S/C18H20FNO3S/c1-5-8-20(15-10-13(2)9-14(3)11-15)24(21,22)16-6-7-18(23-4)17(19)12-16/h5-7,9-12H,1,8H2,2-4H3. The highest BCUT2D eigenvalue weighted by molar-refractivity contribution is 7.92. The Labute approximate surface area is 142 Å². The molecule has 2 rings (SSSR count). The minimum absolute atomic E-state index is 0.00405. The van der Waals surface area contributed by atoms with Gasteiger partial charge in [-0.3, -0.25) is 4.31 Å². The van der Waals surface area contributed by atoms with Gasteiger partial charge in [0, 0.05) is 0 Å². The van der Waals surface area contributed by atoms with E-state index in [1.54, 1.807) is 12.1 Å². The van der Waals surface area contributed by atoms with Gasteiger partial charge >= 0.3 is 0 Å². The van der Waals surface area contributed by atoms with E-state index in [0.29, 0.717) is 5.69 Å². The molecule has 0 aromatic heterocycles. The summed E-state index contributed by atoms with van der Waals surface area (Å²) < 4.78 is 45.9. The highest BCUT2D eigenvalue weighted by Crippen LogP contribution is 2.28. The number of sulfonamides is 1. The number of hydrogen-bond donors (Lipinski definition) is 0. The van der Waals surface area contributed by atoms with Crippen LogP contribution in [0.1, 0.15) is 11.1 Å². The minimum Gasteiger partial charge on any atom is -0.494 e. The molecule has 0 N–H and O–H groups in total. The van der Waals surface area contributed by atoms with Gasteiger partial charge in [-0.15, -0.1) is 6.58 Å². The Morgan fingerprint density at radius 1 is 1.17 bits per heavy atom. The van der Waals surface area contributed by atoms with Crippen molar-refractivity contribution in [2.24, 2.45) is 0 Å². The second kappa shape index (κ2) is 7.05. The Hall–Kier alpha value is -2.34. The van der Waals surface area contributed by atoms with E-state index < -0.39 is 15.8 Å². The van der Waals surface area contributed by atoms with E-state index >= 15 is 0 Å². The Balaban J connectivity index is 2.56. The molecule has 0 fully saturated rings. The van der Waals surface area contributed by atoms with Gasteiger partial charge in [-0.05, 0) is 55.3 Å². The Morgan fingerprint density at radius 3 is 2.29 bits per heavy atom.